The topological polar surface area (TPSA) is 38.7 Å². The van der Waals surface area contributed by atoms with E-state index in [9.17, 15) is 9.50 Å². The van der Waals surface area contributed by atoms with Crippen LogP contribution in [0.2, 0.25) is 0 Å². The summed E-state index contributed by atoms with van der Waals surface area (Å²) in [5.41, 5.74) is 0.852. The molecule has 1 N–H and O–H groups in total. The Morgan fingerprint density at radius 1 is 0.826 bits per heavy atom. The highest BCUT2D eigenvalue weighted by Gasteiger charge is 2.16. The molecule has 0 heterocycles. The van der Waals surface area contributed by atoms with E-state index in [0.29, 0.717) is 11.3 Å². The summed E-state index contributed by atoms with van der Waals surface area (Å²) in [6, 6.07) is 15.6. The average molecular weight is 312 g/mol. The molecule has 3 aromatic carbocycles. The second-order valence-corrected chi connectivity index (χ2v) is 5.26. The molecular formula is C19H17FO3. The van der Waals surface area contributed by atoms with E-state index in [2.05, 4.69) is 0 Å². The molecule has 1 atom stereocenters. The van der Waals surface area contributed by atoms with Crippen molar-refractivity contribution in [1.29, 1.82) is 0 Å². The van der Waals surface area contributed by atoms with Crippen LogP contribution in [0.15, 0.2) is 54.6 Å². The summed E-state index contributed by atoms with van der Waals surface area (Å²) in [6.45, 7) is 0. The maximum Gasteiger partial charge on any atom is 0.133 e. The first kappa shape index (κ1) is 15.3. The van der Waals surface area contributed by atoms with Crippen molar-refractivity contribution in [2.24, 2.45) is 0 Å². The fourth-order valence-electron chi connectivity index (χ4n) is 2.58. The maximum atomic E-state index is 14.1. The zero-order chi connectivity index (χ0) is 16.4. The fraction of sp³-hybridized carbons (Fsp3) is 0.158. The second kappa shape index (κ2) is 6.26. The Morgan fingerprint density at radius 2 is 1.43 bits per heavy atom. The summed E-state index contributed by atoms with van der Waals surface area (Å²) in [7, 11) is 3.09. The van der Waals surface area contributed by atoms with Crippen LogP contribution >= 0.6 is 0 Å². The lowest BCUT2D eigenvalue weighted by molar-refractivity contribution is 0.215. The molecule has 0 aliphatic heterocycles. The number of halogens is 1. The number of methoxy groups -OCH3 is 2. The van der Waals surface area contributed by atoms with Crippen LogP contribution in [0.1, 0.15) is 17.2 Å². The van der Waals surface area contributed by atoms with Gasteiger partial charge in [-0.3, -0.25) is 0 Å². The summed E-state index contributed by atoms with van der Waals surface area (Å²) < 4.78 is 24.3. The molecule has 0 aliphatic carbocycles. The molecule has 0 bridgehead atoms. The van der Waals surface area contributed by atoms with Crippen LogP contribution in [-0.2, 0) is 0 Å². The predicted molar refractivity (Wildman–Crippen MR) is 87.5 cm³/mol. The lowest BCUT2D eigenvalue weighted by Crippen LogP contribution is -2.03. The van der Waals surface area contributed by atoms with Gasteiger partial charge in [-0.15, -0.1) is 0 Å². The first-order chi connectivity index (χ1) is 11.1. The molecule has 0 amide bonds. The van der Waals surface area contributed by atoms with Crippen molar-refractivity contribution in [3.8, 4) is 11.5 Å². The van der Waals surface area contributed by atoms with Gasteiger partial charge in [0.2, 0.25) is 0 Å². The minimum atomic E-state index is -1.03. The number of ether oxygens (including phenoxy) is 2. The van der Waals surface area contributed by atoms with Crippen molar-refractivity contribution in [3.05, 3.63) is 71.5 Å². The molecule has 0 spiro atoms. The van der Waals surface area contributed by atoms with Crippen molar-refractivity contribution in [2.45, 2.75) is 6.10 Å². The van der Waals surface area contributed by atoms with Crippen LogP contribution in [0.5, 0.6) is 11.5 Å². The van der Waals surface area contributed by atoms with Crippen molar-refractivity contribution in [3.63, 3.8) is 0 Å². The van der Waals surface area contributed by atoms with Gasteiger partial charge >= 0.3 is 0 Å². The van der Waals surface area contributed by atoms with E-state index in [1.54, 1.807) is 19.2 Å². The van der Waals surface area contributed by atoms with E-state index in [1.807, 2.05) is 30.3 Å². The van der Waals surface area contributed by atoms with E-state index in [1.165, 1.54) is 19.2 Å². The largest absolute Gasteiger partial charge is 0.497 e. The van der Waals surface area contributed by atoms with E-state index in [0.717, 1.165) is 16.5 Å². The molecule has 0 aromatic heterocycles. The Balaban J connectivity index is 1.99. The Bertz CT molecular complexity index is 845. The van der Waals surface area contributed by atoms with Crippen LogP contribution in [0.4, 0.5) is 4.39 Å². The Morgan fingerprint density at radius 3 is 2.13 bits per heavy atom. The molecule has 0 fully saturated rings. The maximum absolute atomic E-state index is 14.1. The van der Waals surface area contributed by atoms with Gasteiger partial charge in [0.05, 0.1) is 14.2 Å². The minimum absolute atomic E-state index is 0.221. The van der Waals surface area contributed by atoms with Gasteiger partial charge < -0.3 is 14.6 Å². The summed E-state index contributed by atoms with van der Waals surface area (Å²) in [6.07, 6.45) is -1.03. The Kier molecular flexibility index (Phi) is 4.17. The Labute approximate surface area is 133 Å². The van der Waals surface area contributed by atoms with Gasteiger partial charge in [0.25, 0.3) is 0 Å². The second-order valence-electron chi connectivity index (χ2n) is 5.26. The standard InChI is InChI=1S/C19H17FO3/c1-22-15-6-5-12-9-14(4-3-13(12)10-15)19(21)17-8-7-16(23-2)11-18(17)20/h3-11,19,21H,1-2H3. The predicted octanol–water partition coefficient (Wildman–Crippen LogP) is 4.08. The van der Waals surface area contributed by atoms with E-state index >= 15 is 0 Å². The summed E-state index contributed by atoms with van der Waals surface area (Å²) in [5.74, 6) is 0.697. The molecule has 0 saturated carbocycles. The highest BCUT2D eigenvalue weighted by atomic mass is 19.1. The molecule has 4 heteroatoms. The van der Waals surface area contributed by atoms with Gasteiger partial charge in [-0.25, -0.2) is 4.39 Å². The zero-order valence-corrected chi connectivity index (χ0v) is 12.9. The third-order valence-corrected chi connectivity index (χ3v) is 3.89. The summed E-state index contributed by atoms with van der Waals surface area (Å²) in [5, 5.41) is 12.4. The Hall–Kier alpha value is -2.59. The van der Waals surface area contributed by atoms with Gasteiger partial charge in [0.1, 0.15) is 23.4 Å². The number of hydrogen-bond donors (Lipinski definition) is 1. The highest BCUT2D eigenvalue weighted by Crippen LogP contribution is 2.30. The van der Waals surface area contributed by atoms with Gasteiger partial charge in [-0.1, -0.05) is 18.2 Å². The van der Waals surface area contributed by atoms with Gasteiger partial charge in [0.15, 0.2) is 0 Å². The molecule has 23 heavy (non-hydrogen) atoms. The van der Waals surface area contributed by atoms with Gasteiger partial charge in [-0.05, 0) is 46.7 Å². The number of fused-ring (bicyclic) bond motifs is 1. The normalized spacial score (nSPS) is 12.2. The molecule has 0 radical (unpaired) electrons. The number of benzene rings is 3. The van der Waals surface area contributed by atoms with Gasteiger partial charge in [0, 0.05) is 11.6 Å². The molecular weight excluding hydrogens is 295 g/mol. The summed E-state index contributed by atoms with van der Waals surface area (Å²) >= 11 is 0. The van der Waals surface area contributed by atoms with E-state index < -0.39 is 11.9 Å². The monoisotopic (exact) mass is 312 g/mol. The number of aliphatic hydroxyl groups excluding tert-OH is 1. The molecule has 118 valence electrons. The highest BCUT2D eigenvalue weighted by molar-refractivity contribution is 5.84. The SMILES string of the molecule is COc1ccc(C(O)c2ccc3cc(OC)ccc3c2)c(F)c1. The average Bonchev–Trinajstić information content (AvgIpc) is 2.60. The zero-order valence-electron chi connectivity index (χ0n) is 12.9. The lowest BCUT2D eigenvalue weighted by atomic mass is 9.98. The quantitative estimate of drug-likeness (QED) is 0.789. The van der Waals surface area contributed by atoms with Crippen LogP contribution in [-0.4, -0.2) is 19.3 Å². The van der Waals surface area contributed by atoms with Crippen molar-refractivity contribution in [2.75, 3.05) is 14.2 Å². The first-order valence-electron chi connectivity index (χ1n) is 7.21. The smallest absolute Gasteiger partial charge is 0.133 e. The van der Waals surface area contributed by atoms with E-state index in [-0.39, 0.29) is 5.56 Å². The minimum Gasteiger partial charge on any atom is -0.497 e. The first-order valence-corrected chi connectivity index (χ1v) is 7.21. The number of hydrogen-bond acceptors (Lipinski definition) is 3. The third kappa shape index (κ3) is 2.98. The molecule has 1 unspecified atom stereocenters. The van der Waals surface area contributed by atoms with E-state index in [4.69, 9.17) is 9.47 Å². The van der Waals surface area contributed by atoms with Crippen molar-refractivity contribution >= 4 is 10.8 Å². The summed E-state index contributed by atoms with van der Waals surface area (Å²) in [4.78, 5) is 0. The van der Waals surface area contributed by atoms with Gasteiger partial charge in [-0.2, -0.15) is 0 Å². The molecule has 3 aromatic rings. The molecule has 3 nitrogen and oxygen atoms in total. The number of rotatable bonds is 4. The third-order valence-electron chi connectivity index (χ3n) is 3.89. The van der Waals surface area contributed by atoms with Crippen LogP contribution in [0, 0.1) is 5.82 Å². The fourth-order valence-corrected chi connectivity index (χ4v) is 2.58. The molecule has 0 saturated heterocycles. The van der Waals surface area contributed by atoms with Crippen molar-refractivity contribution in [1.82, 2.24) is 0 Å². The van der Waals surface area contributed by atoms with Crippen molar-refractivity contribution < 1.29 is 19.0 Å². The number of aliphatic hydroxyl groups is 1. The lowest BCUT2D eigenvalue weighted by Gasteiger charge is -2.14. The van der Waals surface area contributed by atoms with Crippen LogP contribution in [0.25, 0.3) is 10.8 Å². The van der Waals surface area contributed by atoms with Crippen LogP contribution < -0.4 is 9.47 Å². The van der Waals surface area contributed by atoms with Crippen LogP contribution in [0.3, 0.4) is 0 Å². The molecule has 0 aliphatic rings. The molecule has 3 rings (SSSR count).